The summed E-state index contributed by atoms with van der Waals surface area (Å²) in [6, 6.07) is 12.6. The second kappa shape index (κ2) is 10.3. The van der Waals surface area contributed by atoms with Crippen molar-refractivity contribution in [3.05, 3.63) is 83.4 Å². The first-order chi connectivity index (χ1) is 17.7. The SMILES string of the molecule is Cc1cc2nc(N(Cc3cccnc3)C(=O)C3CCCN(S(=O)(=O)c4ccc(F)cc4)C3)sc2cc1C. The number of benzene rings is 2. The van der Waals surface area contributed by atoms with Crippen molar-refractivity contribution in [1.82, 2.24) is 14.3 Å². The van der Waals surface area contributed by atoms with Gasteiger partial charge in [-0.25, -0.2) is 17.8 Å². The van der Waals surface area contributed by atoms with E-state index < -0.39 is 21.8 Å². The van der Waals surface area contributed by atoms with Gasteiger partial charge >= 0.3 is 0 Å². The number of anilines is 1. The Hall–Kier alpha value is -3.21. The Morgan fingerprint density at radius 1 is 1.16 bits per heavy atom. The van der Waals surface area contributed by atoms with Crippen LogP contribution in [0.5, 0.6) is 0 Å². The molecule has 192 valence electrons. The molecule has 0 radical (unpaired) electrons. The molecule has 10 heteroatoms. The van der Waals surface area contributed by atoms with Gasteiger partial charge in [-0.05, 0) is 85.8 Å². The molecule has 0 bridgehead atoms. The molecule has 1 unspecified atom stereocenters. The summed E-state index contributed by atoms with van der Waals surface area (Å²) in [6.45, 7) is 4.73. The lowest BCUT2D eigenvalue weighted by molar-refractivity contribution is -0.123. The lowest BCUT2D eigenvalue weighted by Crippen LogP contribution is -2.46. The number of thiazole rings is 1. The van der Waals surface area contributed by atoms with Gasteiger partial charge in [-0.3, -0.25) is 14.7 Å². The maximum absolute atomic E-state index is 14.0. The molecule has 1 saturated heterocycles. The molecule has 7 nitrogen and oxygen atoms in total. The first-order valence-electron chi connectivity index (χ1n) is 12.1. The van der Waals surface area contributed by atoms with Gasteiger partial charge in [0.1, 0.15) is 5.82 Å². The van der Waals surface area contributed by atoms with Crippen LogP contribution in [-0.2, 0) is 21.4 Å². The van der Waals surface area contributed by atoms with Gasteiger partial charge < -0.3 is 0 Å². The van der Waals surface area contributed by atoms with Gasteiger partial charge in [-0.2, -0.15) is 4.31 Å². The monoisotopic (exact) mass is 538 g/mol. The average Bonchev–Trinajstić information content (AvgIpc) is 3.30. The first kappa shape index (κ1) is 25.4. The number of pyridine rings is 1. The van der Waals surface area contributed by atoms with E-state index in [2.05, 4.69) is 11.1 Å². The van der Waals surface area contributed by atoms with Crippen molar-refractivity contribution in [2.75, 3.05) is 18.0 Å². The smallest absolute Gasteiger partial charge is 0.243 e. The Morgan fingerprint density at radius 2 is 1.92 bits per heavy atom. The fourth-order valence-electron chi connectivity index (χ4n) is 4.54. The fraction of sp³-hybridized carbons (Fsp3) is 0.296. The molecule has 0 N–H and O–H groups in total. The number of sulfonamides is 1. The normalized spacial score (nSPS) is 16.7. The Balaban J connectivity index is 1.46. The zero-order valence-electron chi connectivity index (χ0n) is 20.6. The summed E-state index contributed by atoms with van der Waals surface area (Å²) in [6.07, 6.45) is 4.52. The summed E-state index contributed by atoms with van der Waals surface area (Å²) in [5.74, 6) is -1.20. The number of amides is 1. The van der Waals surface area contributed by atoms with E-state index in [4.69, 9.17) is 4.98 Å². The molecule has 1 aliphatic heterocycles. The number of rotatable bonds is 6. The van der Waals surface area contributed by atoms with E-state index in [9.17, 15) is 17.6 Å². The number of fused-ring (bicyclic) bond motifs is 1. The maximum atomic E-state index is 14.0. The van der Waals surface area contributed by atoms with Crippen LogP contribution in [0.1, 0.15) is 29.5 Å². The van der Waals surface area contributed by atoms with E-state index in [1.54, 1.807) is 17.3 Å². The fourth-order valence-corrected chi connectivity index (χ4v) is 7.11. The van der Waals surface area contributed by atoms with Gasteiger partial charge in [0.25, 0.3) is 0 Å². The lowest BCUT2D eigenvalue weighted by Gasteiger charge is -2.33. The lowest BCUT2D eigenvalue weighted by atomic mass is 9.98. The molecule has 2 aromatic carbocycles. The number of hydrogen-bond donors (Lipinski definition) is 0. The van der Waals surface area contributed by atoms with Crippen LogP contribution < -0.4 is 4.90 Å². The van der Waals surface area contributed by atoms with Crippen molar-refractivity contribution in [1.29, 1.82) is 0 Å². The highest BCUT2D eigenvalue weighted by molar-refractivity contribution is 7.89. The number of nitrogens with zero attached hydrogens (tertiary/aromatic N) is 4. The minimum atomic E-state index is -3.85. The summed E-state index contributed by atoms with van der Waals surface area (Å²) in [4.78, 5) is 24.6. The predicted octanol–water partition coefficient (Wildman–Crippen LogP) is 5.08. The second-order valence-corrected chi connectivity index (χ2v) is 12.3. The highest BCUT2D eigenvalue weighted by atomic mass is 32.2. The molecule has 3 heterocycles. The maximum Gasteiger partial charge on any atom is 0.243 e. The number of aryl methyl sites for hydroxylation is 2. The van der Waals surface area contributed by atoms with Gasteiger partial charge in [-0.1, -0.05) is 17.4 Å². The van der Waals surface area contributed by atoms with Crippen molar-refractivity contribution in [2.24, 2.45) is 5.92 Å². The van der Waals surface area contributed by atoms with E-state index >= 15 is 0 Å². The molecule has 1 amide bonds. The summed E-state index contributed by atoms with van der Waals surface area (Å²) >= 11 is 1.45. The third-order valence-corrected chi connectivity index (χ3v) is 9.66. The van der Waals surface area contributed by atoms with Crippen LogP contribution >= 0.6 is 11.3 Å². The number of hydrogen-bond acceptors (Lipinski definition) is 6. The third-order valence-electron chi connectivity index (χ3n) is 6.74. The molecule has 2 aromatic heterocycles. The molecule has 4 aromatic rings. The summed E-state index contributed by atoms with van der Waals surface area (Å²) < 4.78 is 42.2. The molecule has 0 saturated carbocycles. The predicted molar refractivity (Wildman–Crippen MR) is 142 cm³/mol. The number of piperidine rings is 1. The minimum absolute atomic E-state index is 0.0196. The molecular weight excluding hydrogens is 511 g/mol. The van der Waals surface area contributed by atoms with Crippen LogP contribution in [0.15, 0.2) is 65.8 Å². The highest BCUT2D eigenvalue weighted by Gasteiger charge is 2.36. The van der Waals surface area contributed by atoms with Gasteiger partial charge in [0, 0.05) is 25.5 Å². The largest absolute Gasteiger partial charge is 0.283 e. The van der Waals surface area contributed by atoms with Crippen LogP contribution in [0.25, 0.3) is 10.2 Å². The molecule has 37 heavy (non-hydrogen) atoms. The Labute approximate surface area is 219 Å². The number of carbonyl (C=O) groups is 1. The standard InChI is InChI=1S/C27H27FN4O3S2/c1-18-13-24-25(14-19(18)2)36-27(30-24)32(16-20-5-3-11-29-15-20)26(33)21-6-4-12-31(17-21)37(34,35)23-9-7-22(28)8-10-23/h3,5,7-11,13-15,21H,4,6,12,16-17H2,1-2H3. The molecule has 1 aliphatic rings. The van der Waals surface area contributed by atoms with Crippen LogP contribution in [0.2, 0.25) is 0 Å². The highest BCUT2D eigenvalue weighted by Crippen LogP contribution is 2.34. The number of halogens is 1. The van der Waals surface area contributed by atoms with Crippen molar-refractivity contribution in [3.8, 4) is 0 Å². The van der Waals surface area contributed by atoms with Crippen LogP contribution in [0.3, 0.4) is 0 Å². The van der Waals surface area contributed by atoms with E-state index in [1.807, 2.05) is 32.0 Å². The molecule has 0 spiro atoms. The third kappa shape index (κ3) is 5.27. The van der Waals surface area contributed by atoms with Crippen molar-refractivity contribution in [2.45, 2.75) is 38.1 Å². The van der Waals surface area contributed by atoms with Gasteiger partial charge in [0.15, 0.2) is 5.13 Å². The topological polar surface area (TPSA) is 83.5 Å². The molecule has 5 rings (SSSR count). The van der Waals surface area contributed by atoms with Crippen LogP contribution in [0.4, 0.5) is 9.52 Å². The van der Waals surface area contributed by atoms with E-state index in [1.165, 1.54) is 27.8 Å². The second-order valence-electron chi connectivity index (χ2n) is 9.34. The van der Waals surface area contributed by atoms with E-state index in [0.717, 1.165) is 39.0 Å². The molecular formula is C27H27FN4O3S2. The number of carbonyl (C=O) groups excluding carboxylic acids is 1. The molecule has 1 atom stereocenters. The van der Waals surface area contributed by atoms with Crippen LogP contribution in [-0.4, -0.2) is 41.7 Å². The van der Waals surface area contributed by atoms with Crippen molar-refractivity contribution < 1.29 is 17.6 Å². The summed E-state index contributed by atoms with van der Waals surface area (Å²) in [7, 11) is -3.85. The van der Waals surface area contributed by atoms with Gasteiger partial charge in [0.2, 0.25) is 15.9 Å². The zero-order chi connectivity index (χ0) is 26.2. The van der Waals surface area contributed by atoms with Crippen LogP contribution in [0, 0.1) is 25.6 Å². The first-order valence-corrected chi connectivity index (χ1v) is 14.3. The molecule has 1 fully saturated rings. The van der Waals surface area contributed by atoms with E-state index in [0.29, 0.717) is 24.5 Å². The quantitative estimate of drug-likeness (QED) is 0.342. The Bertz CT molecular complexity index is 1500. The van der Waals surface area contributed by atoms with Gasteiger partial charge in [0.05, 0.1) is 27.6 Å². The average molecular weight is 539 g/mol. The minimum Gasteiger partial charge on any atom is -0.283 e. The zero-order valence-corrected chi connectivity index (χ0v) is 22.2. The Morgan fingerprint density at radius 3 is 2.65 bits per heavy atom. The van der Waals surface area contributed by atoms with Crippen molar-refractivity contribution >= 4 is 42.6 Å². The Kier molecular flexibility index (Phi) is 7.06. The molecule has 0 aliphatic carbocycles. The summed E-state index contributed by atoms with van der Waals surface area (Å²) in [5.41, 5.74) is 3.97. The number of aromatic nitrogens is 2. The van der Waals surface area contributed by atoms with Gasteiger partial charge in [-0.15, -0.1) is 0 Å². The summed E-state index contributed by atoms with van der Waals surface area (Å²) in [5, 5.41) is 0.576. The van der Waals surface area contributed by atoms with E-state index in [-0.39, 0.29) is 23.9 Å². The van der Waals surface area contributed by atoms with Crippen molar-refractivity contribution in [3.63, 3.8) is 0 Å².